The minimum Gasteiger partial charge on any atom is -0.103 e. The van der Waals surface area contributed by atoms with E-state index in [4.69, 9.17) is 0 Å². The molecule has 0 saturated carbocycles. The summed E-state index contributed by atoms with van der Waals surface area (Å²) in [5.41, 5.74) is 0. The van der Waals surface area contributed by atoms with Crippen molar-refractivity contribution in [2.75, 3.05) is 0 Å². The molecule has 0 heterocycles. The molecule has 0 amide bonds. The molecule has 0 aliphatic rings. The molecule has 10 heavy (non-hydrogen) atoms. The van der Waals surface area contributed by atoms with Gasteiger partial charge in [-0.1, -0.05) is 26.8 Å². The molecule has 60 valence electrons. The van der Waals surface area contributed by atoms with Gasteiger partial charge >= 0.3 is 0 Å². The fraction of sp³-hybridized carbons (Fsp3) is 0.800. The van der Waals surface area contributed by atoms with E-state index in [1.165, 1.54) is 19.3 Å². The molecule has 0 aliphatic carbocycles. The van der Waals surface area contributed by atoms with E-state index in [-0.39, 0.29) is 0 Å². The first-order valence-electron chi connectivity index (χ1n) is 4.27. The predicted octanol–water partition coefficient (Wildman–Crippen LogP) is 3.63. The Morgan fingerprint density at radius 1 is 1.30 bits per heavy atom. The number of rotatable bonds is 5. The third-order valence-corrected chi connectivity index (χ3v) is 1.74. The maximum absolute atomic E-state index is 3.71. The molecule has 1 atom stereocenters. The summed E-state index contributed by atoms with van der Waals surface area (Å²) < 4.78 is 0. The molecule has 0 aromatic heterocycles. The maximum Gasteiger partial charge on any atom is -0.0351 e. The van der Waals surface area contributed by atoms with Crippen LogP contribution in [0.3, 0.4) is 0 Å². The molecule has 0 radical (unpaired) electrons. The van der Waals surface area contributed by atoms with Crippen LogP contribution in [0.25, 0.3) is 0 Å². The summed E-state index contributed by atoms with van der Waals surface area (Å²) in [6.07, 6.45) is 5.85. The summed E-state index contributed by atoms with van der Waals surface area (Å²) in [4.78, 5) is 0. The summed E-state index contributed by atoms with van der Waals surface area (Å²) in [5.74, 6) is 1.72. The van der Waals surface area contributed by atoms with Gasteiger partial charge in [-0.2, -0.15) is 0 Å². The quantitative estimate of drug-likeness (QED) is 0.511. The normalized spacial score (nSPS) is 13.6. The van der Waals surface area contributed by atoms with Crippen molar-refractivity contribution >= 4 is 0 Å². The molecule has 1 unspecified atom stereocenters. The first-order valence-corrected chi connectivity index (χ1v) is 4.27. The van der Waals surface area contributed by atoms with Gasteiger partial charge in [-0.05, 0) is 31.1 Å². The number of allylic oxidation sites excluding steroid dienone is 1. The fourth-order valence-corrected chi connectivity index (χ4v) is 1.32. The second kappa shape index (κ2) is 5.52. The summed E-state index contributed by atoms with van der Waals surface area (Å²) in [6.45, 7) is 10.6. The van der Waals surface area contributed by atoms with Crippen molar-refractivity contribution in [2.24, 2.45) is 11.8 Å². The second-order valence-corrected chi connectivity index (χ2v) is 3.60. The van der Waals surface area contributed by atoms with E-state index in [1.807, 2.05) is 6.08 Å². The summed E-state index contributed by atoms with van der Waals surface area (Å²) in [7, 11) is 0. The molecule has 0 nitrogen and oxygen atoms in total. The zero-order valence-electron chi connectivity index (χ0n) is 7.56. The third kappa shape index (κ3) is 5.87. The van der Waals surface area contributed by atoms with Crippen molar-refractivity contribution in [3.8, 4) is 0 Å². The molecular weight excluding hydrogens is 120 g/mol. The van der Waals surface area contributed by atoms with Crippen LogP contribution in [-0.4, -0.2) is 0 Å². The van der Waals surface area contributed by atoms with Gasteiger partial charge in [0.05, 0.1) is 0 Å². The Kier molecular flexibility index (Phi) is 5.38. The molecule has 0 spiro atoms. The highest BCUT2D eigenvalue weighted by atomic mass is 14.1. The Labute approximate surface area is 65.3 Å². The molecule has 0 N–H and O–H groups in total. The van der Waals surface area contributed by atoms with Crippen LogP contribution in [0, 0.1) is 11.8 Å². The Morgan fingerprint density at radius 2 is 1.90 bits per heavy atom. The van der Waals surface area contributed by atoms with Crippen LogP contribution in [0.5, 0.6) is 0 Å². The molecule has 0 rings (SSSR count). The van der Waals surface area contributed by atoms with Gasteiger partial charge in [0.25, 0.3) is 0 Å². The zero-order chi connectivity index (χ0) is 7.98. The van der Waals surface area contributed by atoms with Gasteiger partial charge in [0, 0.05) is 0 Å². The van der Waals surface area contributed by atoms with Crippen molar-refractivity contribution in [3.63, 3.8) is 0 Å². The van der Waals surface area contributed by atoms with Gasteiger partial charge in [0.1, 0.15) is 0 Å². The predicted molar refractivity (Wildman–Crippen MR) is 48.1 cm³/mol. The lowest BCUT2D eigenvalue weighted by Gasteiger charge is -2.11. The van der Waals surface area contributed by atoms with E-state index in [9.17, 15) is 0 Å². The summed E-state index contributed by atoms with van der Waals surface area (Å²) >= 11 is 0. The van der Waals surface area contributed by atoms with Crippen molar-refractivity contribution < 1.29 is 0 Å². The van der Waals surface area contributed by atoms with Gasteiger partial charge in [-0.3, -0.25) is 0 Å². The summed E-state index contributed by atoms with van der Waals surface area (Å²) in [6, 6.07) is 0. The zero-order valence-corrected chi connectivity index (χ0v) is 7.56. The highest BCUT2D eigenvalue weighted by Crippen LogP contribution is 2.15. The number of hydrogen-bond acceptors (Lipinski definition) is 0. The van der Waals surface area contributed by atoms with Crippen LogP contribution in [0.15, 0.2) is 12.7 Å². The van der Waals surface area contributed by atoms with Gasteiger partial charge in [0.2, 0.25) is 0 Å². The second-order valence-electron chi connectivity index (χ2n) is 3.60. The van der Waals surface area contributed by atoms with Crippen molar-refractivity contribution in [1.82, 2.24) is 0 Å². The van der Waals surface area contributed by atoms with E-state index >= 15 is 0 Å². The van der Waals surface area contributed by atoms with Gasteiger partial charge < -0.3 is 0 Å². The lowest BCUT2D eigenvalue weighted by atomic mass is 9.95. The summed E-state index contributed by atoms with van der Waals surface area (Å²) in [5, 5.41) is 0. The Balaban J connectivity index is 3.24. The molecule has 0 saturated heterocycles. The Bertz CT molecular complexity index is 82.0. The monoisotopic (exact) mass is 140 g/mol. The minimum absolute atomic E-state index is 0.847. The largest absolute Gasteiger partial charge is 0.103 e. The maximum atomic E-state index is 3.71. The van der Waals surface area contributed by atoms with Gasteiger partial charge in [-0.15, -0.1) is 6.58 Å². The average Bonchev–Trinajstić information content (AvgIpc) is 1.82. The van der Waals surface area contributed by atoms with Crippen LogP contribution in [0.1, 0.15) is 40.0 Å². The van der Waals surface area contributed by atoms with E-state index < -0.39 is 0 Å². The van der Waals surface area contributed by atoms with E-state index in [2.05, 4.69) is 27.4 Å². The van der Waals surface area contributed by atoms with Crippen LogP contribution < -0.4 is 0 Å². The lowest BCUT2D eigenvalue weighted by Crippen LogP contribution is -1.98. The van der Waals surface area contributed by atoms with E-state index in [0.717, 1.165) is 11.8 Å². The SMILES string of the molecule is C=CCCC(C)CC(C)C. The van der Waals surface area contributed by atoms with Crippen LogP contribution in [0.4, 0.5) is 0 Å². The Morgan fingerprint density at radius 3 is 2.30 bits per heavy atom. The molecule has 0 fully saturated rings. The Hall–Kier alpha value is -0.260. The standard InChI is InChI=1S/C10H20/c1-5-6-7-10(4)8-9(2)3/h5,9-10H,1,6-8H2,2-4H3. The molecule has 0 aromatic rings. The highest BCUT2D eigenvalue weighted by molar-refractivity contribution is 4.68. The lowest BCUT2D eigenvalue weighted by molar-refractivity contribution is 0.418. The highest BCUT2D eigenvalue weighted by Gasteiger charge is 2.02. The van der Waals surface area contributed by atoms with Crippen LogP contribution >= 0.6 is 0 Å². The van der Waals surface area contributed by atoms with Gasteiger partial charge in [-0.25, -0.2) is 0 Å². The molecule has 0 bridgehead atoms. The van der Waals surface area contributed by atoms with Gasteiger partial charge in [0.15, 0.2) is 0 Å². The fourth-order valence-electron chi connectivity index (χ4n) is 1.32. The minimum atomic E-state index is 0.847. The molecular formula is C10H20. The van der Waals surface area contributed by atoms with Crippen LogP contribution in [-0.2, 0) is 0 Å². The van der Waals surface area contributed by atoms with Crippen molar-refractivity contribution in [2.45, 2.75) is 40.0 Å². The molecule has 0 aromatic carbocycles. The first kappa shape index (κ1) is 9.74. The average molecular weight is 140 g/mol. The molecule has 0 heteroatoms. The molecule has 0 aliphatic heterocycles. The number of hydrogen-bond donors (Lipinski definition) is 0. The van der Waals surface area contributed by atoms with Crippen molar-refractivity contribution in [1.29, 1.82) is 0 Å². The van der Waals surface area contributed by atoms with E-state index in [0.29, 0.717) is 0 Å². The van der Waals surface area contributed by atoms with E-state index in [1.54, 1.807) is 0 Å². The smallest absolute Gasteiger partial charge is 0.0351 e. The first-order chi connectivity index (χ1) is 4.66. The topological polar surface area (TPSA) is 0 Å². The van der Waals surface area contributed by atoms with Crippen LogP contribution in [0.2, 0.25) is 0 Å². The third-order valence-electron chi connectivity index (χ3n) is 1.74. The van der Waals surface area contributed by atoms with Crippen molar-refractivity contribution in [3.05, 3.63) is 12.7 Å².